The summed E-state index contributed by atoms with van der Waals surface area (Å²) in [6.07, 6.45) is 0. The molecule has 1 N–H and O–H groups in total. The van der Waals surface area contributed by atoms with Crippen LogP contribution in [-0.2, 0) is 15.0 Å². The average Bonchev–Trinajstić information content (AvgIpc) is 2.10. The Morgan fingerprint density at radius 2 is 1.81 bits per heavy atom. The fourth-order valence-electron chi connectivity index (χ4n) is 1.20. The zero-order valence-electron chi connectivity index (χ0n) is 10.5. The van der Waals surface area contributed by atoms with E-state index in [0.29, 0.717) is 6.54 Å². The van der Waals surface area contributed by atoms with Crippen molar-refractivity contribution in [2.24, 2.45) is 0 Å². The summed E-state index contributed by atoms with van der Waals surface area (Å²) in [5.41, 5.74) is 0. The summed E-state index contributed by atoms with van der Waals surface area (Å²) < 4.78 is 26.2. The number of amides is 1. The molecule has 7 heteroatoms. The maximum atomic E-state index is 11.4. The highest BCUT2D eigenvalue weighted by Crippen LogP contribution is 1.98. The van der Waals surface area contributed by atoms with Crippen molar-refractivity contribution in [1.29, 1.82) is 0 Å². The van der Waals surface area contributed by atoms with Gasteiger partial charge >= 0.3 is 0 Å². The maximum absolute atomic E-state index is 11.4. The number of hydrogen-bond donors (Lipinski definition) is 1. The minimum Gasteiger partial charge on any atom is -0.339 e. The minimum atomic E-state index is -3.40. The second-order valence-corrected chi connectivity index (χ2v) is 5.96. The first-order valence-electron chi connectivity index (χ1n) is 5.12. The lowest BCUT2D eigenvalue weighted by molar-refractivity contribution is -0.130. The Morgan fingerprint density at radius 1 is 1.31 bits per heavy atom. The van der Waals surface area contributed by atoms with Crippen LogP contribution in [-0.4, -0.2) is 56.8 Å². The molecule has 0 aliphatic heterocycles. The number of nitrogens with one attached hydrogen (secondary N) is 1. The lowest BCUT2D eigenvalue weighted by atomic mass is 10.3. The Bertz CT molecular complexity index is 325. The van der Waals surface area contributed by atoms with Crippen molar-refractivity contribution in [1.82, 2.24) is 13.9 Å². The van der Waals surface area contributed by atoms with Gasteiger partial charge in [0.15, 0.2) is 0 Å². The van der Waals surface area contributed by atoms with E-state index in [1.54, 1.807) is 4.90 Å². The van der Waals surface area contributed by atoms with Gasteiger partial charge in [-0.05, 0) is 13.8 Å². The molecule has 0 bridgehead atoms. The molecule has 0 aliphatic carbocycles. The van der Waals surface area contributed by atoms with Gasteiger partial charge in [0.1, 0.15) is 0 Å². The average molecular weight is 251 g/mol. The summed E-state index contributed by atoms with van der Waals surface area (Å²) in [5, 5.41) is 0. The van der Waals surface area contributed by atoms with Crippen molar-refractivity contribution in [3.63, 3.8) is 0 Å². The smallest absolute Gasteiger partial charge is 0.278 e. The summed E-state index contributed by atoms with van der Waals surface area (Å²) in [6.45, 7) is 5.85. The molecule has 0 heterocycles. The van der Waals surface area contributed by atoms with Gasteiger partial charge in [-0.15, -0.1) is 0 Å². The molecular weight excluding hydrogens is 230 g/mol. The summed E-state index contributed by atoms with van der Waals surface area (Å²) in [6, 6.07) is 0.0707. The molecule has 0 aliphatic rings. The van der Waals surface area contributed by atoms with E-state index in [9.17, 15) is 13.2 Å². The van der Waals surface area contributed by atoms with Crippen molar-refractivity contribution < 1.29 is 13.2 Å². The van der Waals surface area contributed by atoms with Gasteiger partial charge in [-0.2, -0.15) is 12.7 Å². The van der Waals surface area contributed by atoms with Crippen LogP contribution in [0.3, 0.4) is 0 Å². The molecule has 0 aromatic heterocycles. The third-order valence-electron chi connectivity index (χ3n) is 2.15. The summed E-state index contributed by atoms with van der Waals surface area (Å²) >= 11 is 0. The summed E-state index contributed by atoms with van der Waals surface area (Å²) in [7, 11) is -0.496. The molecule has 0 fully saturated rings. The largest absolute Gasteiger partial charge is 0.339 e. The standard InChI is InChI=1S/C9H21N3O3S/c1-8(2)12(9(3)13)7-6-10-16(14,15)11(4)5/h8,10H,6-7H2,1-5H3. The van der Waals surface area contributed by atoms with Crippen LogP contribution in [0.25, 0.3) is 0 Å². The van der Waals surface area contributed by atoms with Gasteiger partial charge in [-0.3, -0.25) is 4.79 Å². The predicted molar refractivity (Wildman–Crippen MR) is 63.1 cm³/mol. The number of rotatable bonds is 6. The number of carbonyl (C=O) groups excluding carboxylic acids is 1. The van der Waals surface area contributed by atoms with Gasteiger partial charge in [-0.25, -0.2) is 4.72 Å². The number of carbonyl (C=O) groups is 1. The monoisotopic (exact) mass is 251 g/mol. The van der Waals surface area contributed by atoms with Crippen LogP contribution in [0.1, 0.15) is 20.8 Å². The van der Waals surface area contributed by atoms with E-state index in [0.717, 1.165) is 4.31 Å². The second kappa shape index (κ2) is 6.17. The highest BCUT2D eigenvalue weighted by molar-refractivity contribution is 7.87. The Morgan fingerprint density at radius 3 is 2.12 bits per heavy atom. The van der Waals surface area contributed by atoms with E-state index in [4.69, 9.17) is 0 Å². The normalized spacial score (nSPS) is 12.2. The molecule has 16 heavy (non-hydrogen) atoms. The van der Waals surface area contributed by atoms with Gasteiger partial charge in [0.05, 0.1) is 0 Å². The van der Waals surface area contributed by atoms with Crippen molar-refractivity contribution in [3.05, 3.63) is 0 Å². The third-order valence-corrected chi connectivity index (χ3v) is 3.68. The Balaban J connectivity index is 4.21. The maximum Gasteiger partial charge on any atom is 0.278 e. The lowest BCUT2D eigenvalue weighted by Crippen LogP contribution is -2.43. The zero-order chi connectivity index (χ0) is 12.9. The van der Waals surface area contributed by atoms with Crippen LogP contribution in [0.2, 0.25) is 0 Å². The molecule has 0 aromatic carbocycles. The van der Waals surface area contributed by atoms with E-state index in [1.807, 2.05) is 13.8 Å². The molecule has 0 saturated heterocycles. The topological polar surface area (TPSA) is 69.7 Å². The summed E-state index contributed by atoms with van der Waals surface area (Å²) in [4.78, 5) is 12.8. The first-order valence-corrected chi connectivity index (χ1v) is 6.56. The van der Waals surface area contributed by atoms with Crippen molar-refractivity contribution in [2.75, 3.05) is 27.2 Å². The molecule has 0 radical (unpaired) electrons. The molecule has 0 spiro atoms. The van der Waals surface area contributed by atoms with Gasteiger partial charge in [-0.1, -0.05) is 0 Å². The first kappa shape index (κ1) is 15.3. The SMILES string of the molecule is CC(=O)N(CCNS(=O)(=O)N(C)C)C(C)C. The molecule has 1 amide bonds. The van der Waals surface area contributed by atoms with Crippen LogP contribution in [0, 0.1) is 0 Å². The Labute approximate surface area is 97.8 Å². The minimum absolute atomic E-state index is 0.0564. The quantitative estimate of drug-likeness (QED) is 0.701. The fraction of sp³-hybridized carbons (Fsp3) is 0.889. The van der Waals surface area contributed by atoms with Crippen LogP contribution in [0.4, 0.5) is 0 Å². The first-order chi connectivity index (χ1) is 7.18. The molecule has 0 atom stereocenters. The molecule has 0 unspecified atom stereocenters. The highest BCUT2D eigenvalue weighted by Gasteiger charge is 2.15. The fourth-order valence-corrected chi connectivity index (χ4v) is 1.81. The van der Waals surface area contributed by atoms with E-state index in [2.05, 4.69) is 4.72 Å². The Hall–Kier alpha value is -0.660. The van der Waals surface area contributed by atoms with Crippen LogP contribution in [0.5, 0.6) is 0 Å². The van der Waals surface area contributed by atoms with E-state index >= 15 is 0 Å². The van der Waals surface area contributed by atoms with Crippen molar-refractivity contribution >= 4 is 16.1 Å². The number of hydrogen-bond acceptors (Lipinski definition) is 3. The molecule has 0 saturated carbocycles. The van der Waals surface area contributed by atoms with Crippen molar-refractivity contribution in [2.45, 2.75) is 26.8 Å². The summed E-state index contributed by atoms with van der Waals surface area (Å²) in [5.74, 6) is -0.0564. The molecule has 96 valence electrons. The Kier molecular flexibility index (Phi) is 5.91. The van der Waals surface area contributed by atoms with Crippen LogP contribution >= 0.6 is 0 Å². The highest BCUT2D eigenvalue weighted by atomic mass is 32.2. The van der Waals surface area contributed by atoms with Crippen molar-refractivity contribution in [3.8, 4) is 0 Å². The van der Waals surface area contributed by atoms with Gasteiger partial charge in [0.25, 0.3) is 10.2 Å². The van der Waals surface area contributed by atoms with E-state index in [1.165, 1.54) is 21.0 Å². The van der Waals surface area contributed by atoms with Gasteiger partial charge in [0, 0.05) is 40.2 Å². The van der Waals surface area contributed by atoms with Crippen LogP contribution < -0.4 is 4.72 Å². The van der Waals surface area contributed by atoms with Gasteiger partial charge < -0.3 is 4.90 Å². The number of nitrogens with zero attached hydrogens (tertiary/aromatic N) is 2. The second-order valence-electron chi connectivity index (χ2n) is 3.99. The molecule has 0 rings (SSSR count). The third kappa shape index (κ3) is 4.91. The van der Waals surface area contributed by atoms with Crippen LogP contribution in [0.15, 0.2) is 0 Å². The zero-order valence-corrected chi connectivity index (χ0v) is 11.3. The molecule has 0 aromatic rings. The van der Waals surface area contributed by atoms with E-state index < -0.39 is 10.2 Å². The van der Waals surface area contributed by atoms with Gasteiger partial charge in [0.2, 0.25) is 5.91 Å². The van der Waals surface area contributed by atoms with E-state index in [-0.39, 0.29) is 18.5 Å². The lowest BCUT2D eigenvalue weighted by Gasteiger charge is -2.25. The molecule has 6 nitrogen and oxygen atoms in total. The predicted octanol–water partition coefficient (Wildman–Crippen LogP) is -0.361. The molecular formula is C9H21N3O3S.